The Bertz CT molecular complexity index is 471. The molecule has 0 N–H and O–H groups in total. The van der Waals surface area contributed by atoms with E-state index in [-0.39, 0.29) is 0 Å². The maximum absolute atomic E-state index is 5.96. The van der Waals surface area contributed by atoms with Gasteiger partial charge in [-0.1, -0.05) is 23.7 Å². The van der Waals surface area contributed by atoms with Crippen LogP contribution in [-0.2, 0) is 13.1 Å². The van der Waals surface area contributed by atoms with Crippen molar-refractivity contribution in [3.63, 3.8) is 0 Å². The Kier molecular flexibility index (Phi) is 4.13. The van der Waals surface area contributed by atoms with E-state index in [1.165, 1.54) is 11.1 Å². The van der Waals surface area contributed by atoms with E-state index >= 15 is 0 Å². The molecule has 0 saturated carbocycles. The molecule has 2 aromatic rings. The molecule has 1 aromatic heterocycles. The monoisotopic (exact) mass is 246 g/mol. The van der Waals surface area contributed by atoms with Crippen molar-refractivity contribution in [1.82, 2.24) is 9.88 Å². The summed E-state index contributed by atoms with van der Waals surface area (Å²) in [6.45, 7) is 1.80. The molecule has 2 nitrogen and oxygen atoms in total. The van der Waals surface area contributed by atoms with Crippen molar-refractivity contribution in [2.24, 2.45) is 0 Å². The molecule has 1 heterocycles. The van der Waals surface area contributed by atoms with E-state index in [1.807, 2.05) is 42.7 Å². The molecule has 88 valence electrons. The average molecular weight is 247 g/mol. The van der Waals surface area contributed by atoms with Crippen molar-refractivity contribution in [3.8, 4) is 0 Å². The van der Waals surface area contributed by atoms with Gasteiger partial charge in [-0.05, 0) is 42.4 Å². The van der Waals surface area contributed by atoms with Gasteiger partial charge in [0.25, 0.3) is 0 Å². The summed E-state index contributed by atoms with van der Waals surface area (Å²) in [5.41, 5.74) is 2.50. The molecule has 0 aliphatic heterocycles. The lowest BCUT2D eigenvalue weighted by molar-refractivity contribution is 0.319. The molecule has 2 rings (SSSR count). The Hall–Kier alpha value is -1.38. The molecular formula is C14H15ClN2. The topological polar surface area (TPSA) is 16.1 Å². The van der Waals surface area contributed by atoms with Crippen LogP contribution in [0, 0.1) is 0 Å². The second-order valence-electron chi connectivity index (χ2n) is 4.16. The Morgan fingerprint density at radius 2 is 1.76 bits per heavy atom. The summed E-state index contributed by atoms with van der Waals surface area (Å²) in [7, 11) is 2.10. The van der Waals surface area contributed by atoms with E-state index in [4.69, 9.17) is 11.6 Å². The second-order valence-corrected chi connectivity index (χ2v) is 4.59. The van der Waals surface area contributed by atoms with Gasteiger partial charge in [0.1, 0.15) is 0 Å². The fourth-order valence-electron chi connectivity index (χ4n) is 1.80. The fraction of sp³-hybridized carbons (Fsp3) is 0.214. The first-order chi connectivity index (χ1) is 8.24. The molecule has 17 heavy (non-hydrogen) atoms. The van der Waals surface area contributed by atoms with Crippen LogP contribution in [0.2, 0.25) is 5.02 Å². The van der Waals surface area contributed by atoms with Crippen LogP contribution >= 0.6 is 11.6 Å². The molecule has 0 fully saturated rings. The van der Waals surface area contributed by atoms with Gasteiger partial charge in [0.15, 0.2) is 0 Å². The third-order valence-electron chi connectivity index (χ3n) is 2.54. The first-order valence-electron chi connectivity index (χ1n) is 5.56. The molecular weight excluding hydrogens is 232 g/mol. The molecule has 0 radical (unpaired) electrons. The van der Waals surface area contributed by atoms with Crippen molar-refractivity contribution < 1.29 is 0 Å². The molecule has 0 bridgehead atoms. The van der Waals surface area contributed by atoms with Gasteiger partial charge in [-0.15, -0.1) is 0 Å². The fourth-order valence-corrected chi connectivity index (χ4v) is 2.02. The van der Waals surface area contributed by atoms with Crippen LogP contribution in [0.4, 0.5) is 0 Å². The minimum atomic E-state index is 0.791. The smallest absolute Gasteiger partial charge is 0.0409 e. The number of aromatic nitrogens is 1. The van der Waals surface area contributed by atoms with Crippen molar-refractivity contribution in [2.45, 2.75) is 13.1 Å². The molecule has 0 atom stereocenters. The summed E-state index contributed by atoms with van der Waals surface area (Å²) >= 11 is 5.96. The number of pyridine rings is 1. The SMILES string of the molecule is CN(Cc1ccncc1)Cc1cccc(Cl)c1. The quantitative estimate of drug-likeness (QED) is 0.822. The van der Waals surface area contributed by atoms with Gasteiger partial charge in [-0.3, -0.25) is 9.88 Å². The normalized spacial score (nSPS) is 10.8. The first kappa shape index (κ1) is 12.1. The summed E-state index contributed by atoms with van der Waals surface area (Å²) in [6, 6.07) is 12.0. The lowest BCUT2D eigenvalue weighted by Crippen LogP contribution is -2.17. The van der Waals surface area contributed by atoms with Gasteiger partial charge in [0.2, 0.25) is 0 Å². The highest BCUT2D eigenvalue weighted by molar-refractivity contribution is 6.30. The zero-order chi connectivity index (χ0) is 12.1. The third kappa shape index (κ3) is 3.84. The molecule has 1 aromatic carbocycles. The van der Waals surface area contributed by atoms with Crippen LogP contribution in [0.1, 0.15) is 11.1 Å². The Morgan fingerprint density at radius 1 is 1.06 bits per heavy atom. The summed E-state index contributed by atoms with van der Waals surface area (Å²) in [5.74, 6) is 0. The van der Waals surface area contributed by atoms with E-state index in [2.05, 4.69) is 23.0 Å². The van der Waals surface area contributed by atoms with Crippen LogP contribution in [0.3, 0.4) is 0 Å². The zero-order valence-electron chi connectivity index (χ0n) is 9.81. The van der Waals surface area contributed by atoms with Crippen LogP contribution in [0.5, 0.6) is 0 Å². The highest BCUT2D eigenvalue weighted by Gasteiger charge is 2.02. The average Bonchev–Trinajstić information content (AvgIpc) is 2.30. The number of nitrogens with zero attached hydrogens (tertiary/aromatic N) is 2. The van der Waals surface area contributed by atoms with Crippen LogP contribution in [-0.4, -0.2) is 16.9 Å². The lowest BCUT2D eigenvalue weighted by Gasteiger charge is -2.16. The minimum absolute atomic E-state index is 0.791. The van der Waals surface area contributed by atoms with E-state index in [9.17, 15) is 0 Å². The molecule has 0 spiro atoms. The van der Waals surface area contributed by atoms with E-state index < -0.39 is 0 Å². The zero-order valence-corrected chi connectivity index (χ0v) is 10.6. The number of rotatable bonds is 4. The van der Waals surface area contributed by atoms with Crippen molar-refractivity contribution >= 4 is 11.6 Å². The summed E-state index contributed by atoms with van der Waals surface area (Å²) in [6.07, 6.45) is 3.64. The molecule has 0 aliphatic carbocycles. The standard InChI is InChI=1S/C14H15ClN2/c1-17(10-12-5-7-16-8-6-12)11-13-3-2-4-14(15)9-13/h2-9H,10-11H2,1H3. The van der Waals surface area contributed by atoms with Crippen molar-refractivity contribution in [1.29, 1.82) is 0 Å². The van der Waals surface area contributed by atoms with Gasteiger partial charge < -0.3 is 0 Å². The maximum atomic E-state index is 5.96. The van der Waals surface area contributed by atoms with E-state index in [1.54, 1.807) is 0 Å². The van der Waals surface area contributed by atoms with Gasteiger partial charge in [-0.2, -0.15) is 0 Å². The maximum Gasteiger partial charge on any atom is 0.0409 e. The van der Waals surface area contributed by atoms with Gasteiger partial charge >= 0.3 is 0 Å². The lowest BCUT2D eigenvalue weighted by atomic mass is 10.2. The third-order valence-corrected chi connectivity index (χ3v) is 2.78. The number of benzene rings is 1. The Balaban J connectivity index is 1.96. The van der Waals surface area contributed by atoms with E-state index in [0.717, 1.165) is 18.1 Å². The number of hydrogen-bond donors (Lipinski definition) is 0. The highest BCUT2D eigenvalue weighted by atomic mass is 35.5. The first-order valence-corrected chi connectivity index (χ1v) is 5.94. The van der Waals surface area contributed by atoms with Crippen LogP contribution in [0.25, 0.3) is 0 Å². The minimum Gasteiger partial charge on any atom is -0.298 e. The summed E-state index contributed by atoms with van der Waals surface area (Å²) in [5, 5.41) is 0.791. The Labute approximate surface area is 107 Å². The molecule has 3 heteroatoms. The number of halogens is 1. The van der Waals surface area contributed by atoms with Crippen molar-refractivity contribution in [2.75, 3.05) is 7.05 Å². The summed E-state index contributed by atoms with van der Waals surface area (Å²) in [4.78, 5) is 6.26. The Morgan fingerprint density at radius 3 is 2.47 bits per heavy atom. The van der Waals surface area contributed by atoms with Gasteiger partial charge in [0.05, 0.1) is 0 Å². The summed E-state index contributed by atoms with van der Waals surface area (Å²) < 4.78 is 0. The molecule has 0 saturated heterocycles. The second kappa shape index (κ2) is 5.80. The van der Waals surface area contributed by atoms with E-state index in [0.29, 0.717) is 0 Å². The molecule has 0 aliphatic rings. The predicted molar refractivity (Wildman–Crippen MR) is 70.9 cm³/mol. The highest BCUT2D eigenvalue weighted by Crippen LogP contribution is 2.13. The van der Waals surface area contributed by atoms with Crippen LogP contribution in [0.15, 0.2) is 48.8 Å². The molecule has 0 amide bonds. The largest absolute Gasteiger partial charge is 0.298 e. The van der Waals surface area contributed by atoms with Gasteiger partial charge in [0, 0.05) is 30.5 Å². The van der Waals surface area contributed by atoms with Crippen LogP contribution < -0.4 is 0 Å². The van der Waals surface area contributed by atoms with Crippen molar-refractivity contribution in [3.05, 3.63) is 64.9 Å². The predicted octanol–water partition coefficient (Wildman–Crippen LogP) is 3.37. The number of hydrogen-bond acceptors (Lipinski definition) is 2. The van der Waals surface area contributed by atoms with Gasteiger partial charge in [-0.25, -0.2) is 0 Å². The molecule has 0 unspecified atom stereocenters.